The molecule has 1 aliphatic rings. The molecule has 1 aromatic carbocycles. The summed E-state index contributed by atoms with van der Waals surface area (Å²) < 4.78 is 0. The number of nitrogens with two attached hydrogens (primary N) is 2. The van der Waals surface area contributed by atoms with Crippen molar-refractivity contribution >= 4 is 34.8 Å². The molecule has 0 saturated carbocycles. The number of anilines is 2. The van der Waals surface area contributed by atoms with Gasteiger partial charge in [0.25, 0.3) is 0 Å². The summed E-state index contributed by atoms with van der Waals surface area (Å²) in [6, 6.07) is 3.36. The number of rotatable bonds is 2. The van der Waals surface area contributed by atoms with Gasteiger partial charge in [-0.15, -0.1) is 0 Å². The van der Waals surface area contributed by atoms with E-state index in [0.717, 1.165) is 5.56 Å². The molecule has 18 heavy (non-hydrogen) atoms. The molecule has 4 N–H and O–H groups in total. The second-order valence-electron chi connectivity index (χ2n) is 4.47. The van der Waals surface area contributed by atoms with Crippen molar-refractivity contribution in [2.75, 3.05) is 17.2 Å². The Kier molecular flexibility index (Phi) is 3.17. The van der Waals surface area contributed by atoms with Crippen molar-refractivity contribution in [2.45, 2.75) is 13.3 Å². The third-order valence-electron chi connectivity index (χ3n) is 3.13. The Labute approximate surface area is 110 Å². The Bertz CT molecular complexity index is 530. The third-order valence-corrected chi connectivity index (χ3v) is 3.53. The molecule has 5 nitrogen and oxygen atoms in total. The van der Waals surface area contributed by atoms with E-state index in [0.29, 0.717) is 16.4 Å². The molecule has 2 amide bonds. The van der Waals surface area contributed by atoms with E-state index in [1.807, 2.05) is 6.92 Å². The molecule has 1 fully saturated rings. The minimum Gasteiger partial charge on any atom is -0.397 e. The molecule has 1 aromatic rings. The molecule has 0 aliphatic carbocycles. The summed E-state index contributed by atoms with van der Waals surface area (Å²) in [6.07, 6.45) is 0.135. The van der Waals surface area contributed by atoms with Gasteiger partial charge in [-0.25, -0.2) is 0 Å². The van der Waals surface area contributed by atoms with Crippen molar-refractivity contribution < 1.29 is 9.59 Å². The predicted octanol–water partition coefficient (Wildman–Crippen LogP) is 1.07. The monoisotopic (exact) mass is 267 g/mol. The van der Waals surface area contributed by atoms with Crippen LogP contribution in [-0.4, -0.2) is 18.4 Å². The lowest BCUT2D eigenvalue weighted by Crippen LogP contribution is -2.29. The summed E-state index contributed by atoms with van der Waals surface area (Å²) in [4.78, 5) is 24.5. The van der Waals surface area contributed by atoms with E-state index in [1.165, 1.54) is 4.90 Å². The Morgan fingerprint density at radius 3 is 2.72 bits per heavy atom. The van der Waals surface area contributed by atoms with Crippen LogP contribution < -0.4 is 16.4 Å². The van der Waals surface area contributed by atoms with Crippen LogP contribution in [0.3, 0.4) is 0 Å². The topological polar surface area (TPSA) is 89.4 Å². The minimum absolute atomic E-state index is 0.135. The van der Waals surface area contributed by atoms with E-state index in [2.05, 4.69) is 0 Å². The first-order valence-corrected chi connectivity index (χ1v) is 5.93. The number of aryl methyl sites for hydroxylation is 1. The second kappa shape index (κ2) is 4.49. The summed E-state index contributed by atoms with van der Waals surface area (Å²) in [5.74, 6) is -1.06. The molecule has 96 valence electrons. The Hall–Kier alpha value is -1.75. The maximum atomic E-state index is 11.9. The van der Waals surface area contributed by atoms with Gasteiger partial charge in [-0.1, -0.05) is 11.6 Å². The SMILES string of the molecule is Cc1cc(N2CC(C(N)=O)CC2=O)c(N)cc1Cl. The predicted molar refractivity (Wildman–Crippen MR) is 70.3 cm³/mol. The van der Waals surface area contributed by atoms with E-state index in [9.17, 15) is 9.59 Å². The van der Waals surface area contributed by atoms with Gasteiger partial charge in [-0.3, -0.25) is 9.59 Å². The lowest BCUT2D eigenvalue weighted by Gasteiger charge is -2.19. The van der Waals surface area contributed by atoms with E-state index >= 15 is 0 Å². The van der Waals surface area contributed by atoms with E-state index in [1.54, 1.807) is 12.1 Å². The third kappa shape index (κ3) is 2.13. The molecule has 0 bridgehead atoms. The molecule has 0 radical (unpaired) electrons. The number of hydrogen-bond acceptors (Lipinski definition) is 3. The summed E-state index contributed by atoms with van der Waals surface area (Å²) >= 11 is 5.95. The van der Waals surface area contributed by atoms with Gasteiger partial charge in [0.2, 0.25) is 11.8 Å². The van der Waals surface area contributed by atoms with Crippen molar-refractivity contribution in [3.63, 3.8) is 0 Å². The maximum absolute atomic E-state index is 11.9. The van der Waals surface area contributed by atoms with Crippen molar-refractivity contribution in [3.8, 4) is 0 Å². The number of primary amides is 1. The molecule has 6 heteroatoms. The molecule has 0 aromatic heterocycles. The number of carbonyl (C=O) groups excluding carboxylic acids is 2. The highest BCUT2D eigenvalue weighted by Crippen LogP contribution is 2.33. The number of carbonyl (C=O) groups is 2. The maximum Gasteiger partial charge on any atom is 0.227 e. The highest BCUT2D eigenvalue weighted by molar-refractivity contribution is 6.31. The van der Waals surface area contributed by atoms with Crippen LogP contribution in [0.15, 0.2) is 12.1 Å². The number of nitrogen functional groups attached to an aromatic ring is 1. The quantitative estimate of drug-likeness (QED) is 0.786. The van der Waals surface area contributed by atoms with Crippen LogP contribution in [0.1, 0.15) is 12.0 Å². The molecule has 1 heterocycles. The number of nitrogens with zero attached hydrogens (tertiary/aromatic N) is 1. The largest absolute Gasteiger partial charge is 0.397 e. The molecule has 1 atom stereocenters. The minimum atomic E-state index is -0.463. The fourth-order valence-corrected chi connectivity index (χ4v) is 2.22. The Morgan fingerprint density at radius 1 is 1.50 bits per heavy atom. The standard InChI is InChI=1S/C12H14ClN3O2/c1-6-2-10(9(14)4-8(6)13)16-5-7(12(15)18)3-11(16)17/h2,4,7H,3,5,14H2,1H3,(H2,15,18). The summed E-state index contributed by atoms with van der Waals surface area (Å²) in [7, 11) is 0. The molecule has 1 saturated heterocycles. The van der Waals surface area contributed by atoms with Gasteiger partial charge in [-0.2, -0.15) is 0 Å². The van der Waals surface area contributed by atoms with Crippen LogP contribution in [0.2, 0.25) is 5.02 Å². The van der Waals surface area contributed by atoms with Gasteiger partial charge in [-0.05, 0) is 24.6 Å². The van der Waals surface area contributed by atoms with Crippen LogP contribution in [-0.2, 0) is 9.59 Å². The van der Waals surface area contributed by atoms with Crippen molar-refractivity contribution in [1.29, 1.82) is 0 Å². The van der Waals surface area contributed by atoms with E-state index in [-0.39, 0.29) is 18.9 Å². The Morgan fingerprint density at radius 2 is 2.17 bits per heavy atom. The molecular weight excluding hydrogens is 254 g/mol. The van der Waals surface area contributed by atoms with Crippen LogP contribution in [0.5, 0.6) is 0 Å². The van der Waals surface area contributed by atoms with Gasteiger partial charge in [0, 0.05) is 18.0 Å². The molecule has 1 aliphatic heterocycles. The molecular formula is C12H14ClN3O2. The summed E-state index contributed by atoms with van der Waals surface area (Å²) in [5, 5.41) is 0.550. The van der Waals surface area contributed by atoms with Crippen molar-refractivity contribution in [2.24, 2.45) is 11.7 Å². The molecule has 2 rings (SSSR count). The number of halogens is 1. The van der Waals surface area contributed by atoms with Crippen LogP contribution in [0.4, 0.5) is 11.4 Å². The Balaban J connectivity index is 2.35. The van der Waals surface area contributed by atoms with Crippen molar-refractivity contribution in [3.05, 3.63) is 22.7 Å². The average molecular weight is 268 g/mol. The number of benzene rings is 1. The highest BCUT2D eigenvalue weighted by atomic mass is 35.5. The number of amides is 2. The second-order valence-corrected chi connectivity index (χ2v) is 4.88. The summed E-state index contributed by atoms with van der Waals surface area (Å²) in [6.45, 7) is 2.11. The first-order chi connectivity index (χ1) is 8.40. The smallest absolute Gasteiger partial charge is 0.227 e. The van der Waals surface area contributed by atoms with Gasteiger partial charge >= 0.3 is 0 Å². The lowest BCUT2D eigenvalue weighted by molar-refractivity contribution is -0.123. The van der Waals surface area contributed by atoms with Crippen LogP contribution in [0, 0.1) is 12.8 Å². The van der Waals surface area contributed by atoms with E-state index < -0.39 is 11.8 Å². The fraction of sp³-hybridized carbons (Fsp3) is 0.333. The van der Waals surface area contributed by atoms with Gasteiger partial charge < -0.3 is 16.4 Å². The van der Waals surface area contributed by atoms with Crippen LogP contribution in [0.25, 0.3) is 0 Å². The van der Waals surface area contributed by atoms with Crippen LogP contribution >= 0.6 is 11.6 Å². The summed E-state index contributed by atoms with van der Waals surface area (Å²) in [5.41, 5.74) is 12.9. The average Bonchev–Trinajstić information content (AvgIpc) is 2.66. The van der Waals surface area contributed by atoms with Gasteiger partial charge in [0.15, 0.2) is 0 Å². The zero-order valence-electron chi connectivity index (χ0n) is 9.94. The fourth-order valence-electron chi connectivity index (χ4n) is 2.05. The number of hydrogen-bond donors (Lipinski definition) is 2. The van der Waals surface area contributed by atoms with E-state index in [4.69, 9.17) is 23.1 Å². The molecule has 0 spiro atoms. The van der Waals surface area contributed by atoms with Gasteiger partial charge in [0.05, 0.1) is 17.3 Å². The zero-order valence-corrected chi connectivity index (χ0v) is 10.7. The first kappa shape index (κ1) is 12.7. The normalized spacial score (nSPS) is 19.3. The highest BCUT2D eigenvalue weighted by Gasteiger charge is 2.34. The van der Waals surface area contributed by atoms with Crippen molar-refractivity contribution in [1.82, 2.24) is 0 Å². The molecule has 1 unspecified atom stereocenters. The van der Waals surface area contributed by atoms with Gasteiger partial charge in [0.1, 0.15) is 0 Å². The first-order valence-electron chi connectivity index (χ1n) is 5.55. The zero-order chi connectivity index (χ0) is 13.4. The lowest BCUT2D eigenvalue weighted by atomic mass is 10.1.